The summed E-state index contributed by atoms with van der Waals surface area (Å²) in [5, 5.41) is 14.9. The first-order valence-electron chi connectivity index (χ1n) is 10.6. The number of hydrogen-bond donors (Lipinski definition) is 1. The molecule has 35 heavy (non-hydrogen) atoms. The molecule has 0 fully saturated rings. The molecule has 4 aromatic rings. The van der Waals surface area contributed by atoms with Gasteiger partial charge in [0.1, 0.15) is 11.3 Å². The molecule has 0 unspecified atom stereocenters. The number of anilines is 2. The zero-order valence-electron chi connectivity index (χ0n) is 19.4. The number of benzene rings is 2. The minimum absolute atomic E-state index is 0.0201. The van der Waals surface area contributed by atoms with Gasteiger partial charge in [0, 0.05) is 48.0 Å². The lowest BCUT2D eigenvalue weighted by Crippen LogP contribution is -2.14. The van der Waals surface area contributed by atoms with E-state index in [0.29, 0.717) is 11.3 Å². The van der Waals surface area contributed by atoms with Crippen molar-refractivity contribution in [2.75, 3.05) is 12.4 Å². The van der Waals surface area contributed by atoms with E-state index in [1.807, 2.05) is 42.1 Å². The van der Waals surface area contributed by atoms with Crippen LogP contribution in [-0.4, -0.2) is 38.6 Å². The van der Waals surface area contributed by atoms with Crippen LogP contribution in [0.3, 0.4) is 0 Å². The summed E-state index contributed by atoms with van der Waals surface area (Å²) < 4.78 is 26.5. The maximum absolute atomic E-state index is 14.1. The molecular formula is C24H22FN5O5. The molecule has 11 heteroatoms. The SMILES string of the molecule is COc1cc(F)c([N+](=O)[O-])cc1Nc1ncc(C(=O)OC(C)C)c(-c2cccc3c2ccn3C)n1. The van der Waals surface area contributed by atoms with Gasteiger partial charge in [-0.15, -0.1) is 0 Å². The first-order valence-corrected chi connectivity index (χ1v) is 10.6. The minimum Gasteiger partial charge on any atom is -0.494 e. The number of hydrogen-bond acceptors (Lipinski definition) is 8. The van der Waals surface area contributed by atoms with E-state index in [1.165, 1.54) is 13.3 Å². The van der Waals surface area contributed by atoms with Crippen LogP contribution in [0.15, 0.2) is 48.8 Å². The number of fused-ring (bicyclic) bond motifs is 1. The average Bonchev–Trinajstić information content (AvgIpc) is 3.20. The number of aromatic nitrogens is 3. The predicted molar refractivity (Wildman–Crippen MR) is 127 cm³/mol. The zero-order valence-corrected chi connectivity index (χ0v) is 19.4. The Labute approximate surface area is 199 Å². The summed E-state index contributed by atoms with van der Waals surface area (Å²) in [5.41, 5.74) is 1.40. The fraction of sp³-hybridized carbons (Fsp3) is 0.208. The number of methoxy groups -OCH3 is 1. The monoisotopic (exact) mass is 479 g/mol. The highest BCUT2D eigenvalue weighted by molar-refractivity contribution is 6.02. The van der Waals surface area contributed by atoms with Crippen LogP contribution in [0.2, 0.25) is 0 Å². The van der Waals surface area contributed by atoms with Gasteiger partial charge in [-0.1, -0.05) is 12.1 Å². The standard InChI is InChI=1S/C24H22FN5O5/c1-13(2)35-23(31)16-12-26-24(27-18-11-20(30(32)33)17(25)10-21(18)34-4)28-22(16)15-6-5-7-19-14(15)8-9-29(19)3/h5-13H,1-4H3,(H,26,27,28). The van der Waals surface area contributed by atoms with E-state index in [0.717, 1.165) is 23.0 Å². The molecule has 2 heterocycles. The maximum atomic E-state index is 14.1. The average molecular weight is 479 g/mol. The fourth-order valence-corrected chi connectivity index (χ4v) is 3.65. The van der Waals surface area contributed by atoms with E-state index in [4.69, 9.17) is 9.47 Å². The van der Waals surface area contributed by atoms with Gasteiger partial charge >= 0.3 is 11.7 Å². The topological polar surface area (TPSA) is 121 Å². The quantitative estimate of drug-likeness (QED) is 0.223. The van der Waals surface area contributed by atoms with Gasteiger partial charge in [0.05, 0.1) is 29.5 Å². The largest absolute Gasteiger partial charge is 0.494 e. The number of ether oxygens (including phenoxy) is 2. The minimum atomic E-state index is -1.04. The number of halogens is 1. The second-order valence-electron chi connectivity index (χ2n) is 7.96. The van der Waals surface area contributed by atoms with Crippen LogP contribution < -0.4 is 10.1 Å². The molecule has 0 aliphatic rings. The van der Waals surface area contributed by atoms with Crippen molar-refractivity contribution in [2.24, 2.45) is 7.05 Å². The number of nitrogens with zero attached hydrogens (tertiary/aromatic N) is 4. The molecule has 0 saturated heterocycles. The molecular weight excluding hydrogens is 457 g/mol. The van der Waals surface area contributed by atoms with Crippen molar-refractivity contribution in [3.8, 4) is 17.0 Å². The van der Waals surface area contributed by atoms with Crippen molar-refractivity contribution < 1.29 is 23.6 Å². The Morgan fingerprint density at radius 1 is 1.26 bits per heavy atom. The highest BCUT2D eigenvalue weighted by Gasteiger charge is 2.23. The molecule has 0 spiro atoms. The molecule has 0 aliphatic carbocycles. The molecule has 0 radical (unpaired) electrons. The zero-order chi connectivity index (χ0) is 25.3. The molecule has 0 saturated carbocycles. The van der Waals surface area contributed by atoms with E-state index in [-0.39, 0.29) is 29.1 Å². The summed E-state index contributed by atoms with van der Waals surface area (Å²) in [4.78, 5) is 32.0. The van der Waals surface area contributed by atoms with E-state index in [2.05, 4.69) is 15.3 Å². The Morgan fingerprint density at radius 2 is 2.03 bits per heavy atom. The Bertz CT molecular complexity index is 1450. The summed E-state index contributed by atoms with van der Waals surface area (Å²) >= 11 is 0. The van der Waals surface area contributed by atoms with Crippen molar-refractivity contribution in [1.82, 2.24) is 14.5 Å². The summed E-state index contributed by atoms with van der Waals surface area (Å²) in [7, 11) is 3.21. The van der Waals surface area contributed by atoms with E-state index in [9.17, 15) is 19.3 Å². The molecule has 1 N–H and O–H groups in total. The second-order valence-corrected chi connectivity index (χ2v) is 7.96. The van der Waals surface area contributed by atoms with E-state index >= 15 is 0 Å². The van der Waals surface area contributed by atoms with E-state index < -0.39 is 22.4 Å². The molecule has 4 rings (SSSR count). The summed E-state index contributed by atoms with van der Waals surface area (Å²) in [6, 6.07) is 9.41. The number of nitrogens with one attached hydrogen (secondary N) is 1. The van der Waals surface area contributed by atoms with Gasteiger partial charge < -0.3 is 19.4 Å². The number of carbonyl (C=O) groups is 1. The number of rotatable bonds is 7. The highest BCUT2D eigenvalue weighted by Crippen LogP contribution is 2.35. The summed E-state index contributed by atoms with van der Waals surface area (Å²) in [6.07, 6.45) is 2.86. The van der Waals surface area contributed by atoms with Gasteiger partial charge in [0.25, 0.3) is 0 Å². The van der Waals surface area contributed by atoms with Gasteiger partial charge in [-0.3, -0.25) is 10.1 Å². The highest BCUT2D eigenvalue weighted by atomic mass is 19.1. The van der Waals surface area contributed by atoms with Crippen LogP contribution in [-0.2, 0) is 11.8 Å². The van der Waals surface area contributed by atoms with Crippen LogP contribution in [0, 0.1) is 15.9 Å². The van der Waals surface area contributed by atoms with Crippen molar-refractivity contribution >= 4 is 34.2 Å². The van der Waals surface area contributed by atoms with Crippen LogP contribution >= 0.6 is 0 Å². The van der Waals surface area contributed by atoms with Gasteiger partial charge in [-0.25, -0.2) is 14.8 Å². The van der Waals surface area contributed by atoms with Gasteiger partial charge in [-0.05, 0) is 26.0 Å². The van der Waals surface area contributed by atoms with Gasteiger partial charge in [0.15, 0.2) is 0 Å². The molecule has 0 atom stereocenters. The maximum Gasteiger partial charge on any atom is 0.342 e. The van der Waals surface area contributed by atoms with Crippen LogP contribution in [0.1, 0.15) is 24.2 Å². The van der Waals surface area contributed by atoms with Crippen molar-refractivity contribution in [3.05, 3.63) is 70.3 Å². The predicted octanol–water partition coefficient (Wildman–Crippen LogP) is 5.00. The Morgan fingerprint density at radius 3 is 2.71 bits per heavy atom. The number of nitro benzene ring substituents is 1. The third kappa shape index (κ3) is 4.60. The number of aryl methyl sites for hydroxylation is 1. The first-order chi connectivity index (χ1) is 16.7. The molecule has 2 aromatic carbocycles. The number of esters is 1. The molecule has 0 bridgehead atoms. The number of nitro groups is 1. The Hall–Kier alpha value is -4.54. The smallest absolute Gasteiger partial charge is 0.342 e. The molecule has 0 aliphatic heterocycles. The lowest BCUT2D eigenvalue weighted by atomic mass is 10.0. The van der Waals surface area contributed by atoms with Crippen molar-refractivity contribution in [3.63, 3.8) is 0 Å². The van der Waals surface area contributed by atoms with Crippen LogP contribution in [0.4, 0.5) is 21.7 Å². The second kappa shape index (κ2) is 9.37. The van der Waals surface area contributed by atoms with Gasteiger partial charge in [-0.2, -0.15) is 4.39 Å². The summed E-state index contributed by atoms with van der Waals surface area (Å²) in [6.45, 7) is 3.47. The molecule has 180 valence electrons. The van der Waals surface area contributed by atoms with Crippen LogP contribution in [0.5, 0.6) is 5.75 Å². The fourth-order valence-electron chi connectivity index (χ4n) is 3.65. The third-order valence-electron chi connectivity index (χ3n) is 5.25. The lowest BCUT2D eigenvalue weighted by Gasteiger charge is -2.15. The molecule has 0 amide bonds. The summed E-state index contributed by atoms with van der Waals surface area (Å²) in [5.74, 6) is -1.59. The molecule has 10 nitrogen and oxygen atoms in total. The Balaban J connectivity index is 1.86. The lowest BCUT2D eigenvalue weighted by molar-refractivity contribution is -0.387. The van der Waals surface area contributed by atoms with Gasteiger partial charge in [0.2, 0.25) is 11.8 Å². The molecule has 2 aromatic heterocycles. The van der Waals surface area contributed by atoms with Crippen molar-refractivity contribution in [1.29, 1.82) is 0 Å². The number of carbonyl (C=O) groups excluding carboxylic acids is 1. The van der Waals surface area contributed by atoms with E-state index in [1.54, 1.807) is 13.8 Å². The first kappa shape index (κ1) is 23.6. The van der Waals surface area contributed by atoms with Crippen LogP contribution in [0.25, 0.3) is 22.2 Å². The normalized spacial score (nSPS) is 11.0. The Kier molecular flexibility index (Phi) is 6.32. The van der Waals surface area contributed by atoms with Crippen molar-refractivity contribution in [2.45, 2.75) is 20.0 Å². The third-order valence-corrected chi connectivity index (χ3v) is 5.25.